The van der Waals surface area contributed by atoms with Crippen LogP contribution in [0.4, 0.5) is 4.79 Å². The van der Waals surface area contributed by atoms with Crippen LogP contribution in [0.5, 0.6) is 5.75 Å². The van der Waals surface area contributed by atoms with Crippen LogP contribution in [0, 0.1) is 0 Å². The molecule has 1 aromatic heterocycles. The van der Waals surface area contributed by atoms with E-state index in [4.69, 9.17) is 16.3 Å². The minimum Gasteiger partial charge on any atom is -0.492 e. The Balaban J connectivity index is 1.43. The molecule has 0 aliphatic carbocycles. The number of hydrogen-bond acceptors (Lipinski definition) is 4. The van der Waals surface area contributed by atoms with Gasteiger partial charge in [0.1, 0.15) is 17.4 Å². The van der Waals surface area contributed by atoms with Crippen LogP contribution in [0.25, 0.3) is 10.2 Å². The van der Waals surface area contributed by atoms with Gasteiger partial charge in [0.25, 0.3) is 0 Å². The van der Waals surface area contributed by atoms with Crippen LogP contribution in [-0.4, -0.2) is 36.1 Å². The highest BCUT2D eigenvalue weighted by molar-refractivity contribution is 7.18. The first kappa shape index (κ1) is 17.5. The SMILES string of the molecule is CN(Cc1nc2ccccc2s1)C(=O)NCCOc1ccc(Cl)cc1. The van der Waals surface area contributed by atoms with Crippen molar-refractivity contribution in [2.45, 2.75) is 6.54 Å². The van der Waals surface area contributed by atoms with Crippen molar-refractivity contribution >= 4 is 39.2 Å². The molecule has 1 heterocycles. The summed E-state index contributed by atoms with van der Waals surface area (Å²) in [7, 11) is 1.75. The largest absolute Gasteiger partial charge is 0.492 e. The number of thiazole rings is 1. The molecule has 7 heteroatoms. The number of carbonyl (C=O) groups is 1. The molecule has 3 rings (SSSR count). The van der Waals surface area contributed by atoms with E-state index < -0.39 is 0 Å². The molecule has 2 amide bonds. The summed E-state index contributed by atoms with van der Waals surface area (Å²) in [4.78, 5) is 18.3. The Morgan fingerprint density at radius 2 is 2.00 bits per heavy atom. The molecule has 0 atom stereocenters. The van der Waals surface area contributed by atoms with Gasteiger partial charge in [-0.25, -0.2) is 9.78 Å². The second-order valence-electron chi connectivity index (χ2n) is 5.47. The summed E-state index contributed by atoms with van der Waals surface area (Å²) >= 11 is 7.42. The smallest absolute Gasteiger partial charge is 0.317 e. The molecule has 0 saturated heterocycles. The number of halogens is 1. The third-order valence-corrected chi connectivity index (χ3v) is 4.79. The summed E-state index contributed by atoms with van der Waals surface area (Å²) in [6.07, 6.45) is 0. The van der Waals surface area contributed by atoms with Crippen LogP contribution in [0.1, 0.15) is 5.01 Å². The maximum Gasteiger partial charge on any atom is 0.317 e. The van der Waals surface area contributed by atoms with Gasteiger partial charge in [0.05, 0.1) is 23.3 Å². The van der Waals surface area contributed by atoms with Gasteiger partial charge in [0.2, 0.25) is 0 Å². The third-order valence-electron chi connectivity index (χ3n) is 3.52. The number of para-hydroxylation sites is 1. The Hall–Kier alpha value is -2.31. The van der Waals surface area contributed by atoms with Gasteiger partial charge in [-0.3, -0.25) is 0 Å². The highest BCUT2D eigenvalue weighted by Crippen LogP contribution is 2.22. The van der Waals surface area contributed by atoms with E-state index in [1.54, 1.807) is 47.5 Å². The summed E-state index contributed by atoms with van der Waals surface area (Å²) < 4.78 is 6.67. The zero-order valence-corrected chi connectivity index (χ0v) is 15.3. The van der Waals surface area contributed by atoms with Crippen molar-refractivity contribution in [1.82, 2.24) is 15.2 Å². The van der Waals surface area contributed by atoms with E-state index in [2.05, 4.69) is 10.3 Å². The quantitative estimate of drug-likeness (QED) is 0.658. The molecule has 0 radical (unpaired) electrons. The zero-order valence-electron chi connectivity index (χ0n) is 13.7. The fourth-order valence-electron chi connectivity index (χ4n) is 2.25. The Bertz CT molecular complexity index is 818. The third kappa shape index (κ3) is 4.84. The van der Waals surface area contributed by atoms with Crippen molar-refractivity contribution in [3.8, 4) is 5.75 Å². The number of nitrogens with zero attached hydrogens (tertiary/aromatic N) is 2. The van der Waals surface area contributed by atoms with Crippen LogP contribution < -0.4 is 10.1 Å². The summed E-state index contributed by atoms with van der Waals surface area (Å²) in [6, 6.07) is 14.9. The van der Waals surface area contributed by atoms with Gasteiger partial charge in [0, 0.05) is 12.1 Å². The van der Waals surface area contributed by atoms with Gasteiger partial charge in [-0.15, -0.1) is 11.3 Å². The highest BCUT2D eigenvalue weighted by atomic mass is 35.5. The van der Waals surface area contributed by atoms with Gasteiger partial charge in [0.15, 0.2) is 0 Å². The summed E-state index contributed by atoms with van der Waals surface area (Å²) in [5, 5.41) is 4.41. The van der Waals surface area contributed by atoms with Gasteiger partial charge >= 0.3 is 6.03 Å². The first-order valence-electron chi connectivity index (χ1n) is 7.83. The standard InChI is InChI=1S/C18H18ClN3O2S/c1-22(12-17-21-15-4-2-3-5-16(15)25-17)18(23)20-10-11-24-14-8-6-13(19)7-9-14/h2-9H,10-12H2,1H3,(H,20,23). The maximum atomic E-state index is 12.1. The number of fused-ring (bicyclic) bond motifs is 1. The highest BCUT2D eigenvalue weighted by Gasteiger charge is 2.11. The molecule has 3 aromatic rings. The van der Waals surface area contributed by atoms with Crippen molar-refractivity contribution in [3.05, 3.63) is 58.6 Å². The maximum absolute atomic E-state index is 12.1. The van der Waals surface area contributed by atoms with E-state index in [0.717, 1.165) is 21.0 Å². The van der Waals surface area contributed by atoms with Crippen molar-refractivity contribution in [2.75, 3.05) is 20.2 Å². The predicted molar refractivity (Wildman–Crippen MR) is 101 cm³/mol. The number of hydrogen-bond donors (Lipinski definition) is 1. The number of nitrogens with one attached hydrogen (secondary N) is 1. The van der Waals surface area contributed by atoms with Crippen molar-refractivity contribution in [1.29, 1.82) is 0 Å². The van der Waals surface area contributed by atoms with Crippen LogP contribution in [0.2, 0.25) is 5.02 Å². The van der Waals surface area contributed by atoms with E-state index in [1.165, 1.54) is 0 Å². The topological polar surface area (TPSA) is 54.5 Å². The fraction of sp³-hybridized carbons (Fsp3) is 0.222. The lowest BCUT2D eigenvalue weighted by Gasteiger charge is -2.16. The van der Waals surface area contributed by atoms with E-state index in [9.17, 15) is 4.79 Å². The van der Waals surface area contributed by atoms with Crippen LogP contribution in [0.15, 0.2) is 48.5 Å². The van der Waals surface area contributed by atoms with E-state index in [0.29, 0.717) is 24.7 Å². The molecule has 130 valence electrons. The van der Waals surface area contributed by atoms with Crippen molar-refractivity contribution in [2.24, 2.45) is 0 Å². The van der Waals surface area contributed by atoms with Crippen molar-refractivity contribution in [3.63, 3.8) is 0 Å². The zero-order chi connectivity index (χ0) is 17.6. The van der Waals surface area contributed by atoms with Gasteiger partial charge in [-0.2, -0.15) is 0 Å². The number of carbonyl (C=O) groups excluding carboxylic acids is 1. The summed E-state index contributed by atoms with van der Waals surface area (Å²) in [5.41, 5.74) is 0.965. The lowest BCUT2D eigenvalue weighted by molar-refractivity contribution is 0.203. The lowest BCUT2D eigenvalue weighted by atomic mass is 10.3. The number of aromatic nitrogens is 1. The number of benzene rings is 2. The molecule has 0 aliphatic heterocycles. The van der Waals surface area contributed by atoms with Gasteiger partial charge < -0.3 is 15.0 Å². The van der Waals surface area contributed by atoms with Gasteiger partial charge in [-0.1, -0.05) is 23.7 Å². The van der Waals surface area contributed by atoms with Crippen LogP contribution in [-0.2, 0) is 6.54 Å². The molecular weight excluding hydrogens is 358 g/mol. The van der Waals surface area contributed by atoms with Crippen molar-refractivity contribution < 1.29 is 9.53 Å². The van der Waals surface area contributed by atoms with Crippen LogP contribution >= 0.6 is 22.9 Å². The molecule has 0 spiro atoms. The summed E-state index contributed by atoms with van der Waals surface area (Å²) in [5.74, 6) is 0.724. The Morgan fingerprint density at radius 3 is 2.76 bits per heavy atom. The molecule has 5 nitrogen and oxygen atoms in total. The van der Waals surface area contributed by atoms with E-state index in [1.807, 2.05) is 24.3 Å². The Labute approximate surface area is 155 Å². The summed E-state index contributed by atoms with van der Waals surface area (Å²) in [6.45, 7) is 1.29. The molecule has 25 heavy (non-hydrogen) atoms. The Morgan fingerprint density at radius 1 is 1.24 bits per heavy atom. The molecule has 0 saturated carbocycles. The molecular formula is C18H18ClN3O2S. The number of ether oxygens (including phenoxy) is 1. The second kappa shape index (κ2) is 8.18. The molecule has 1 N–H and O–H groups in total. The van der Waals surface area contributed by atoms with Crippen LogP contribution in [0.3, 0.4) is 0 Å². The lowest BCUT2D eigenvalue weighted by Crippen LogP contribution is -2.38. The monoisotopic (exact) mass is 375 g/mol. The predicted octanol–water partition coefficient (Wildman–Crippen LogP) is 4.17. The van der Waals surface area contributed by atoms with E-state index in [-0.39, 0.29) is 6.03 Å². The second-order valence-corrected chi connectivity index (χ2v) is 7.02. The number of rotatable bonds is 6. The fourth-order valence-corrected chi connectivity index (χ4v) is 3.40. The number of amides is 2. The molecule has 0 unspecified atom stereocenters. The molecule has 0 bridgehead atoms. The number of urea groups is 1. The molecule has 0 aliphatic rings. The minimum atomic E-state index is -0.154. The normalized spacial score (nSPS) is 10.6. The van der Waals surface area contributed by atoms with Gasteiger partial charge in [-0.05, 0) is 36.4 Å². The first-order valence-corrected chi connectivity index (χ1v) is 9.03. The first-order chi connectivity index (χ1) is 12.1. The average Bonchev–Trinajstić information content (AvgIpc) is 3.02. The Kier molecular flexibility index (Phi) is 5.73. The van der Waals surface area contributed by atoms with E-state index >= 15 is 0 Å². The average molecular weight is 376 g/mol. The molecule has 2 aromatic carbocycles. The molecule has 0 fully saturated rings. The minimum absolute atomic E-state index is 0.154.